The van der Waals surface area contributed by atoms with E-state index in [9.17, 15) is 14.4 Å². The lowest BCUT2D eigenvalue weighted by Gasteiger charge is -2.24. The van der Waals surface area contributed by atoms with Gasteiger partial charge in [-0.25, -0.2) is 4.79 Å². The fourth-order valence-corrected chi connectivity index (χ4v) is 3.26. The summed E-state index contributed by atoms with van der Waals surface area (Å²) in [6.07, 6.45) is 3.03. The summed E-state index contributed by atoms with van der Waals surface area (Å²) < 4.78 is 6.70. The van der Waals surface area contributed by atoms with Crippen molar-refractivity contribution in [3.63, 3.8) is 0 Å². The van der Waals surface area contributed by atoms with Gasteiger partial charge in [-0.1, -0.05) is 19.4 Å². The molecule has 3 N–H and O–H groups in total. The molecule has 3 aromatic rings. The second kappa shape index (κ2) is 9.38. The molecule has 0 fully saturated rings. The standard InChI is InChI=1S/C22H27N5O4/c1-4-5-11-26-19(23)18(20(28)24-22(26)30)27(14-17-10-7-12-31-17)21(29)15-8-6-9-16(13-15)25(2)3/h6-10,12-13H,4-5,11,14,23H2,1-3H3,(H,24,28,30). The van der Waals surface area contributed by atoms with Crippen LogP contribution in [0.1, 0.15) is 35.9 Å². The monoisotopic (exact) mass is 425 g/mol. The van der Waals surface area contributed by atoms with E-state index in [0.717, 1.165) is 12.1 Å². The lowest BCUT2D eigenvalue weighted by molar-refractivity contribution is 0.0983. The second-order valence-electron chi connectivity index (χ2n) is 7.41. The molecule has 164 valence electrons. The molecule has 1 amide bonds. The normalized spacial score (nSPS) is 10.8. The molecule has 0 saturated carbocycles. The third-order valence-electron chi connectivity index (χ3n) is 4.97. The number of amides is 1. The number of carbonyl (C=O) groups is 1. The predicted octanol–water partition coefficient (Wildman–Crippen LogP) is 2.42. The lowest BCUT2D eigenvalue weighted by atomic mass is 10.1. The first-order valence-corrected chi connectivity index (χ1v) is 10.1. The molecule has 0 atom stereocenters. The number of carbonyl (C=O) groups excluding carboxylic acids is 1. The highest BCUT2D eigenvalue weighted by atomic mass is 16.3. The maximum Gasteiger partial charge on any atom is 0.330 e. The third-order valence-corrected chi connectivity index (χ3v) is 4.97. The minimum Gasteiger partial charge on any atom is -0.467 e. The molecule has 0 aliphatic heterocycles. The van der Waals surface area contributed by atoms with E-state index < -0.39 is 17.2 Å². The molecule has 0 bridgehead atoms. The largest absolute Gasteiger partial charge is 0.467 e. The number of aromatic amines is 1. The van der Waals surface area contributed by atoms with Crippen LogP contribution in [0, 0.1) is 0 Å². The smallest absolute Gasteiger partial charge is 0.330 e. The predicted molar refractivity (Wildman–Crippen MR) is 121 cm³/mol. The van der Waals surface area contributed by atoms with Crippen molar-refractivity contribution in [1.82, 2.24) is 9.55 Å². The maximum atomic E-state index is 13.5. The number of unbranched alkanes of at least 4 members (excludes halogenated alkanes) is 1. The Bertz CT molecular complexity index is 1160. The van der Waals surface area contributed by atoms with Crippen LogP contribution in [-0.4, -0.2) is 29.6 Å². The average Bonchev–Trinajstić information content (AvgIpc) is 3.25. The Morgan fingerprint density at radius 1 is 1.19 bits per heavy atom. The van der Waals surface area contributed by atoms with Crippen molar-refractivity contribution in [2.24, 2.45) is 0 Å². The summed E-state index contributed by atoms with van der Waals surface area (Å²) in [4.78, 5) is 44.1. The number of hydrogen-bond acceptors (Lipinski definition) is 6. The molecule has 0 radical (unpaired) electrons. The number of nitrogens with one attached hydrogen (secondary N) is 1. The summed E-state index contributed by atoms with van der Waals surface area (Å²) in [5.74, 6) is -0.00826. The number of hydrogen-bond donors (Lipinski definition) is 2. The molecule has 0 aliphatic carbocycles. The molecule has 9 nitrogen and oxygen atoms in total. The van der Waals surface area contributed by atoms with Gasteiger partial charge < -0.3 is 15.1 Å². The number of nitrogens with two attached hydrogens (primary N) is 1. The number of anilines is 3. The van der Waals surface area contributed by atoms with Crippen molar-refractivity contribution in [2.75, 3.05) is 29.6 Å². The summed E-state index contributed by atoms with van der Waals surface area (Å²) in [6, 6.07) is 10.4. The molecule has 0 unspecified atom stereocenters. The van der Waals surface area contributed by atoms with E-state index in [-0.39, 0.29) is 18.1 Å². The van der Waals surface area contributed by atoms with Gasteiger partial charge in [0.15, 0.2) is 5.69 Å². The SMILES string of the molecule is CCCCn1c(N)c(N(Cc2ccco2)C(=O)c2cccc(N(C)C)c2)c(=O)[nH]c1=O. The van der Waals surface area contributed by atoms with Gasteiger partial charge in [0.05, 0.1) is 12.8 Å². The number of furan rings is 1. The summed E-state index contributed by atoms with van der Waals surface area (Å²) >= 11 is 0. The molecule has 2 heterocycles. The highest BCUT2D eigenvalue weighted by molar-refractivity contribution is 6.07. The fourth-order valence-electron chi connectivity index (χ4n) is 3.26. The Kier molecular flexibility index (Phi) is 6.64. The molecule has 0 spiro atoms. The van der Waals surface area contributed by atoms with Crippen LogP contribution in [-0.2, 0) is 13.1 Å². The number of H-pyrrole nitrogens is 1. The minimum atomic E-state index is -0.723. The van der Waals surface area contributed by atoms with Gasteiger partial charge in [-0.2, -0.15) is 0 Å². The number of nitrogens with zero attached hydrogens (tertiary/aromatic N) is 3. The Balaban J connectivity index is 2.14. The summed E-state index contributed by atoms with van der Waals surface area (Å²) in [6.45, 7) is 2.30. The molecular weight excluding hydrogens is 398 g/mol. The van der Waals surface area contributed by atoms with Gasteiger partial charge in [-0.3, -0.25) is 24.0 Å². The number of aromatic nitrogens is 2. The van der Waals surface area contributed by atoms with Gasteiger partial charge in [0.1, 0.15) is 11.6 Å². The van der Waals surface area contributed by atoms with Crippen molar-refractivity contribution < 1.29 is 9.21 Å². The van der Waals surface area contributed by atoms with Gasteiger partial charge >= 0.3 is 5.69 Å². The van der Waals surface area contributed by atoms with E-state index in [1.807, 2.05) is 32.0 Å². The van der Waals surface area contributed by atoms with E-state index in [1.165, 1.54) is 15.7 Å². The Hall–Kier alpha value is -3.75. The van der Waals surface area contributed by atoms with Crippen LogP contribution in [0.25, 0.3) is 0 Å². The first kappa shape index (κ1) is 21.9. The molecular formula is C22H27N5O4. The fraction of sp³-hybridized carbons (Fsp3) is 0.318. The van der Waals surface area contributed by atoms with E-state index in [4.69, 9.17) is 10.2 Å². The Labute approximate surface area is 179 Å². The van der Waals surface area contributed by atoms with Gasteiger partial charge in [0, 0.05) is 31.9 Å². The van der Waals surface area contributed by atoms with Crippen LogP contribution in [0.2, 0.25) is 0 Å². The van der Waals surface area contributed by atoms with E-state index in [2.05, 4.69) is 4.98 Å². The molecule has 9 heteroatoms. The van der Waals surface area contributed by atoms with Crippen LogP contribution >= 0.6 is 0 Å². The highest BCUT2D eigenvalue weighted by Crippen LogP contribution is 2.24. The van der Waals surface area contributed by atoms with Crippen molar-refractivity contribution in [3.8, 4) is 0 Å². The molecule has 2 aromatic heterocycles. The molecule has 31 heavy (non-hydrogen) atoms. The Morgan fingerprint density at radius 2 is 1.97 bits per heavy atom. The highest BCUT2D eigenvalue weighted by Gasteiger charge is 2.26. The summed E-state index contributed by atoms with van der Waals surface area (Å²) in [5.41, 5.74) is 6.07. The number of rotatable bonds is 8. The van der Waals surface area contributed by atoms with Gasteiger partial charge in [0.2, 0.25) is 0 Å². The van der Waals surface area contributed by atoms with Gasteiger partial charge in [-0.15, -0.1) is 0 Å². The third kappa shape index (κ3) is 4.71. The first-order chi connectivity index (χ1) is 14.8. The van der Waals surface area contributed by atoms with Gasteiger partial charge in [-0.05, 0) is 36.8 Å². The average molecular weight is 425 g/mol. The second-order valence-corrected chi connectivity index (χ2v) is 7.41. The molecule has 3 rings (SSSR count). The van der Waals surface area contributed by atoms with E-state index in [1.54, 1.807) is 30.3 Å². The van der Waals surface area contributed by atoms with Crippen LogP contribution in [0.3, 0.4) is 0 Å². The van der Waals surface area contributed by atoms with Crippen LogP contribution in [0.15, 0.2) is 56.7 Å². The zero-order valence-electron chi connectivity index (χ0n) is 17.9. The number of benzene rings is 1. The zero-order chi connectivity index (χ0) is 22.5. The topological polar surface area (TPSA) is 118 Å². The van der Waals surface area contributed by atoms with Crippen LogP contribution < -0.4 is 26.8 Å². The van der Waals surface area contributed by atoms with Crippen molar-refractivity contribution in [2.45, 2.75) is 32.9 Å². The molecule has 0 aliphatic rings. The van der Waals surface area contributed by atoms with Gasteiger partial charge in [0.25, 0.3) is 11.5 Å². The van der Waals surface area contributed by atoms with Crippen molar-refractivity contribution >= 4 is 23.1 Å². The number of nitrogen functional groups attached to an aromatic ring is 1. The van der Waals surface area contributed by atoms with E-state index in [0.29, 0.717) is 24.3 Å². The van der Waals surface area contributed by atoms with E-state index >= 15 is 0 Å². The zero-order valence-corrected chi connectivity index (χ0v) is 17.9. The quantitative estimate of drug-likeness (QED) is 0.572. The minimum absolute atomic E-state index is 0.0166. The lowest BCUT2D eigenvalue weighted by Crippen LogP contribution is -2.41. The van der Waals surface area contributed by atoms with Crippen LogP contribution in [0.5, 0.6) is 0 Å². The Morgan fingerprint density at radius 3 is 2.61 bits per heavy atom. The van der Waals surface area contributed by atoms with Crippen LogP contribution in [0.4, 0.5) is 17.2 Å². The molecule has 1 aromatic carbocycles. The van der Waals surface area contributed by atoms with Crippen molar-refractivity contribution in [3.05, 3.63) is 74.8 Å². The van der Waals surface area contributed by atoms with Crippen molar-refractivity contribution in [1.29, 1.82) is 0 Å². The summed E-state index contributed by atoms with van der Waals surface area (Å²) in [7, 11) is 3.74. The first-order valence-electron chi connectivity index (χ1n) is 10.1. The summed E-state index contributed by atoms with van der Waals surface area (Å²) in [5, 5.41) is 0. The maximum absolute atomic E-state index is 13.5. The molecule has 0 saturated heterocycles.